The minimum atomic E-state index is -0.405. The van der Waals surface area contributed by atoms with Crippen molar-refractivity contribution in [3.05, 3.63) is 70.0 Å². The summed E-state index contributed by atoms with van der Waals surface area (Å²) in [7, 11) is 0. The molecule has 1 aromatic heterocycles. The van der Waals surface area contributed by atoms with Crippen LogP contribution in [0.25, 0.3) is 5.69 Å². The van der Waals surface area contributed by atoms with E-state index in [1.807, 2.05) is 19.1 Å². The van der Waals surface area contributed by atoms with Crippen LogP contribution in [0.15, 0.2) is 36.4 Å². The van der Waals surface area contributed by atoms with Crippen molar-refractivity contribution in [2.45, 2.75) is 39.5 Å². The average Bonchev–Trinajstić information content (AvgIpc) is 3.38. The molecule has 2 aromatic carbocycles. The minimum Gasteiger partial charge on any atom is -0.508 e. The zero-order valence-corrected chi connectivity index (χ0v) is 19.1. The largest absolute Gasteiger partial charge is 0.508 e. The van der Waals surface area contributed by atoms with Crippen molar-refractivity contribution in [2.75, 3.05) is 11.9 Å². The lowest BCUT2D eigenvalue weighted by Gasteiger charge is -2.12. The molecule has 0 fully saturated rings. The number of phenols is 1. The highest BCUT2D eigenvalue weighted by Gasteiger charge is 2.28. The molecule has 0 bridgehead atoms. The third-order valence-electron chi connectivity index (χ3n) is 5.85. The molecule has 0 radical (unpaired) electrons. The van der Waals surface area contributed by atoms with Crippen molar-refractivity contribution in [2.24, 2.45) is 5.73 Å². The van der Waals surface area contributed by atoms with Gasteiger partial charge in [-0.2, -0.15) is 5.10 Å². The van der Waals surface area contributed by atoms with Gasteiger partial charge in [0.25, 0.3) is 0 Å². The maximum Gasteiger partial charge on any atom is 0.359 e. The van der Waals surface area contributed by atoms with E-state index >= 15 is 0 Å². The van der Waals surface area contributed by atoms with Crippen LogP contribution in [-0.2, 0) is 28.8 Å². The van der Waals surface area contributed by atoms with Gasteiger partial charge in [0.2, 0.25) is 5.91 Å². The molecule has 1 aliphatic rings. The summed E-state index contributed by atoms with van der Waals surface area (Å²) in [4.78, 5) is 25.0. The van der Waals surface area contributed by atoms with E-state index in [4.69, 9.17) is 15.9 Å². The van der Waals surface area contributed by atoms with E-state index in [0.29, 0.717) is 29.1 Å². The summed E-state index contributed by atoms with van der Waals surface area (Å²) in [6.45, 7) is 3.98. The highest BCUT2D eigenvalue weighted by molar-refractivity contribution is 5.96. The van der Waals surface area contributed by atoms with Gasteiger partial charge in [-0.25, -0.2) is 9.48 Å². The van der Waals surface area contributed by atoms with Crippen molar-refractivity contribution >= 4 is 23.4 Å². The Morgan fingerprint density at radius 3 is 2.74 bits per heavy atom. The van der Waals surface area contributed by atoms with Gasteiger partial charge in [0, 0.05) is 28.1 Å². The van der Waals surface area contributed by atoms with Crippen LogP contribution in [0.1, 0.15) is 51.8 Å². The molecular formula is C25H27N5O4. The van der Waals surface area contributed by atoms with E-state index in [1.54, 1.807) is 17.7 Å². The second-order valence-electron chi connectivity index (χ2n) is 8.24. The zero-order valence-electron chi connectivity index (χ0n) is 19.1. The van der Waals surface area contributed by atoms with Crippen molar-refractivity contribution in [1.29, 1.82) is 5.41 Å². The number of rotatable bonds is 7. The Bertz CT molecular complexity index is 1290. The number of carbonyl (C=O) groups excluding carboxylic acids is 2. The number of nitrogen functional groups attached to an aromatic ring is 1. The highest BCUT2D eigenvalue weighted by atomic mass is 16.5. The Hall–Kier alpha value is -4.14. The molecule has 1 aliphatic carbocycles. The van der Waals surface area contributed by atoms with Crippen LogP contribution in [0, 0.1) is 12.3 Å². The van der Waals surface area contributed by atoms with Gasteiger partial charge in [-0.1, -0.05) is 0 Å². The highest BCUT2D eigenvalue weighted by Crippen LogP contribution is 2.30. The Kier molecular flexibility index (Phi) is 6.36. The topological polar surface area (TPSA) is 143 Å². The molecule has 1 amide bonds. The lowest BCUT2D eigenvalue weighted by Crippen LogP contribution is -2.16. The predicted octanol–water partition coefficient (Wildman–Crippen LogP) is 3.02. The SMILES string of the molecule is CCOC(=O)c1nn(-c2ccc(NC(=O)Cc3cc(C(=N)N)ccc3O)cc2C)c2c1CCC2. The zero-order chi connectivity index (χ0) is 24.4. The molecule has 176 valence electrons. The van der Waals surface area contributed by atoms with E-state index in [1.165, 1.54) is 18.2 Å². The van der Waals surface area contributed by atoms with Gasteiger partial charge in [0.15, 0.2) is 5.69 Å². The molecule has 0 aliphatic heterocycles. The number of ether oxygens (including phenoxy) is 1. The Morgan fingerprint density at radius 2 is 2.03 bits per heavy atom. The first-order valence-corrected chi connectivity index (χ1v) is 11.1. The smallest absolute Gasteiger partial charge is 0.359 e. The van der Waals surface area contributed by atoms with E-state index < -0.39 is 5.97 Å². The van der Waals surface area contributed by atoms with E-state index in [0.717, 1.165) is 41.8 Å². The number of amidine groups is 1. The molecule has 9 nitrogen and oxygen atoms in total. The third kappa shape index (κ3) is 4.50. The monoisotopic (exact) mass is 461 g/mol. The number of phenolic OH excluding ortho intramolecular Hbond substituents is 1. The number of hydrogen-bond acceptors (Lipinski definition) is 6. The van der Waals surface area contributed by atoms with Crippen LogP contribution in [0.3, 0.4) is 0 Å². The number of nitrogens with one attached hydrogen (secondary N) is 2. The molecule has 4 rings (SSSR count). The molecular weight excluding hydrogens is 434 g/mol. The van der Waals surface area contributed by atoms with Gasteiger partial charge < -0.3 is 20.9 Å². The molecule has 34 heavy (non-hydrogen) atoms. The van der Waals surface area contributed by atoms with Crippen LogP contribution < -0.4 is 11.1 Å². The third-order valence-corrected chi connectivity index (χ3v) is 5.85. The molecule has 0 saturated heterocycles. The first kappa shape index (κ1) is 23.0. The van der Waals surface area contributed by atoms with Crippen LogP contribution in [-0.4, -0.2) is 39.2 Å². The van der Waals surface area contributed by atoms with Gasteiger partial charge in [0.1, 0.15) is 11.6 Å². The quantitative estimate of drug-likeness (QED) is 0.242. The fourth-order valence-electron chi connectivity index (χ4n) is 4.24. The van der Waals surface area contributed by atoms with Crippen molar-refractivity contribution in [3.63, 3.8) is 0 Å². The number of fused-ring (bicyclic) bond motifs is 1. The summed E-state index contributed by atoms with van der Waals surface area (Å²) < 4.78 is 6.98. The number of aromatic nitrogens is 2. The summed E-state index contributed by atoms with van der Waals surface area (Å²) in [5, 5.41) is 25.0. The van der Waals surface area contributed by atoms with E-state index in [2.05, 4.69) is 10.4 Å². The number of esters is 1. The molecule has 1 heterocycles. The molecule has 9 heteroatoms. The molecule has 0 atom stereocenters. The number of carbonyl (C=O) groups is 2. The standard InChI is InChI=1S/C25H27N5O4/c1-3-34-25(33)23-18-5-4-6-20(18)30(29-23)19-9-8-17(11-14(19)2)28-22(32)13-16-12-15(24(26)27)7-10-21(16)31/h7-12,31H,3-6,13H2,1-2H3,(H3,26,27)(H,28,32). The number of aryl methyl sites for hydroxylation is 1. The first-order valence-electron chi connectivity index (χ1n) is 11.1. The predicted molar refractivity (Wildman–Crippen MR) is 128 cm³/mol. The molecule has 0 saturated carbocycles. The normalized spacial score (nSPS) is 12.3. The van der Waals surface area contributed by atoms with E-state index in [-0.39, 0.29) is 23.9 Å². The van der Waals surface area contributed by atoms with Gasteiger partial charge in [0.05, 0.1) is 18.7 Å². The second kappa shape index (κ2) is 9.38. The van der Waals surface area contributed by atoms with Crippen LogP contribution in [0.2, 0.25) is 0 Å². The summed E-state index contributed by atoms with van der Waals surface area (Å²) >= 11 is 0. The number of nitrogens with zero attached hydrogens (tertiary/aromatic N) is 2. The fourth-order valence-corrected chi connectivity index (χ4v) is 4.24. The van der Waals surface area contributed by atoms with E-state index in [9.17, 15) is 14.7 Å². The molecule has 0 spiro atoms. The van der Waals surface area contributed by atoms with Crippen molar-refractivity contribution in [1.82, 2.24) is 9.78 Å². The summed E-state index contributed by atoms with van der Waals surface area (Å²) in [6, 6.07) is 9.96. The van der Waals surface area contributed by atoms with Crippen molar-refractivity contribution < 1.29 is 19.4 Å². The van der Waals surface area contributed by atoms with Crippen molar-refractivity contribution in [3.8, 4) is 11.4 Å². The average molecular weight is 462 g/mol. The number of aromatic hydroxyl groups is 1. The number of hydrogen-bond donors (Lipinski definition) is 4. The summed E-state index contributed by atoms with van der Waals surface area (Å²) in [5.41, 5.74) is 11.0. The van der Waals surface area contributed by atoms with Gasteiger partial charge in [-0.15, -0.1) is 0 Å². The summed E-state index contributed by atoms with van der Waals surface area (Å²) in [6.07, 6.45) is 2.53. The Labute approximate surface area is 197 Å². The minimum absolute atomic E-state index is 0.0309. The molecule has 5 N–H and O–H groups in total. The molecule has 3 aromatic rings. The molecule has 0 unspecified atom stereocenters. The summed E-state index contributed by atoms with van der Waals surface area (Å²) in [5.74, 6) is -0.883. The fraction of sp³-hybridized carbons (Fsp3) is 0.280. The Balaban J connectivity index is 1.54. The van der Waals surface area contributed by atoms with Crippen LogP contribution in [0.4, 0.5) is 5.69 Å². The lowest BCUT2D eigenvalue weighted by molar-refractivity contribution is -0.115. The van der Waals surface area contributed by atoms with Gasteiger partial charge in [-0.05, 0) is 75.1 Å². The van der Waals surface area contributed by atoms with Gasteiger partial charge >= 0.3 is 5.97 Å². The van der Waals surface area contributed by atoms with Crippen LogP contribution in [0.5, 0.6) is 5.75 Å². The number of benzene rings is 2. The number of nitrogens with two attached hydrogens (primary N) is 1. The lowest BCUT2D eigenvalue weighted by atomic mass is 10.1. The first-order chi connectivity index (χ1) is 16.3. The maximum absolute atomic E-state index is 12.6. The number of amides is 1. The Morgan fingerprint density at radius 1 is 1.24 bits per heavy atom. The second-order valence-corrected chi connectivity index (χ2v) is 8.24. The maximum atomic E-state index is 12.6. The van der Waals surface area contributed by atoms with Gasteiger partial charge in [-0.3, -0.25) is 10.2 Å². The number of anilines is 1. The van der Waals surface area contributed by atoms with Crippen LogP contribution >= 0.6 is 0 Å².